The maximum Gasteiger partial charge on any atom is 0.0835 e. The SMILES string of the molecule is CC(C)COC1CC(Nc2ccc(Br)c(Cl)c2Cl)C1(C)C. The van der Waals surface area contributed by atoms with Gasteiger partial charge >= 0.3 is 0 Å². The number of ether oxygens (including phenoxy) is 1. The highest BCUT2D eigenvalue weighted by atomic mass is 79.9. The number of benzene rings is 1. The van der Waals surface area contributed by atoms with E-state index in [1.165, 1.54) is 0 Å². The number of hydrogen-bond donors (Lipinski definition) is 1. The van der Waals surface area contributed by atoms with Crippen LogP contribution < -0.4 is 5.32 Å². The van der Waals surface area contributed by atoms with Crippen molar-refractivity contribution in [3.8, 4) is 0 Å². The van der Waals surface area contributed by atoms with Crippen LogP contribution in [0.25, 0.3) is 0 Å². The molecule has 1 aromatic carbocycles. The molecule has 2 rings (SSSR count). The molecule has 118 valence electrons. The Bertz CT molecular complexity index is 519. The molecule has 0 aliphatic heterocycles. The van der Waals surface area contributed by atoms with Gasteiger partial charge in [-0.15, -0.1) is 0 Å². The molecule has 1 saturated carbocycles. The zero-order chi connectivity index (χ0) is 15.8. The molecule has 2 unspecified atom stereocenters. The van der Waals surface area contributed by atoms with E-state index in [1.54, 1.807) is 0 Å². The lowest BCUT2D eigenvalue weighted by Crippen LogP contribution is -2.58. The molecule has 5 heteroatoms. The predicted molar refractivity (Wildman–Crippen MR) is 94.5 cm³/mol. The van der Waals surface area contributed by atoms with Crippen LogP contribution in [0.5, 0.6) is 0 Å². The van der Waals surface area contributed by atoms with Crippen molar-refractivity contribution in [3.63, 3.8) is 0 Å². The van der Waals surface area contributed by atoms with Crippen LogP contribution >= 0.6 is 39.1 Å². The molecule has 0 heterocycles. The molecule has 0 saturated heterocycles. The quantitative estimate of drug-likeness (QED) is 0.617. The number of rotatable bonds is 5. The van der Waals surface area contributed by atoms with Gasteiger partial charge in [0.15, 0.2) is 0 Å². The average Bonchev–Trinajstić information content (AvgIpc) is 2.41. The van der Waals surface area contributed by atoms with Crippen molar-refractivity contribution in [1.82, 2.24) is 0 Å². The van der Waals surface area contributed by atoms with Gasteiger partial charge in [0.1, 0.15) is 0 Å². The van der Waals surface area contributed by atoms with Crippen LogP contribution in [0.15, 0.2) is 16.6 Å². The molecular formula is C16H22BrCl2NO. The smallest absolute Gasteiger partial charge is 0.0835 e. The van der Waals surface area contributed by atoms with Crippen LogP contribution in [-0.2, 0) is 4.74 Å². The third kappa shape index (κ3) is 3.69. The largest absolute Gasteiger partial charge is 0.380 e. The normalized spacial score (nSPS) is 24.0. The van der Waals surface area contributed by atoms with Crippen LogP contribution in [0.2, 0.25) is 10.0 Å². The number of hydrogen-bond acceptors (Lipinski definition) is 2. The fraction of sp³-hybridized carbons (Fsp3) is 0.625. The Balaban J connectivity index is 2.01. The third-order valence-corrected chi connectivity index (χ3v) is 5.94. The van der Waals surface area contributed by atoms with Gasteiger partial charge in [0.25, 0.3) is 0 Å². The first-order chi connectivity index (χ1) is 9.73. The summed E-state index contributed by atoms with van der Waals surface area (Å²) in [6.07, 6.45) is 1.28. The Labute approximate surface area is 145 Å². The Kier molecular flexibility index (Phi) is 5.51. The number of anilines is 1. The lowest BCUT2D eigenvalue weighted by Gasteiger charge is -2.52. The monoisotopic (exact) mass is 393 g/mol. The maximum atomic E-state index is 6.30. The summed E-state index contributed by atoms with van der Waals surface area (Å²) < 4.78 is 6.80. The summed E-state index contributed by atoms with van der Waals surface area (Å²) >= 11 is 15.8. The summed E-state index contributed by atoms with van der Waals surface area (Å²) in [5.74, 6) is 0.563. The second kappa shape index (κ2) is 6.66. The van der Waals surface area contributed by atoms with E-state index in [4.69, 9.17) is 27.9 Å². The van der Waals surface area contributed by atoms with E-state index >= 15 is 0 Å². The first-order valence-corrected chi connectivity index (χ1v) is 8.80. The molecule has 1 fully saturated rings. The Morgan fingerprint density at radius 1 is 1.33 bits per heavy atom. The molecule has 21 heavy (non-hydrogen) atoms. The highest BCUT2D eigenvalue weighted by Gasteiger charge is 2.49. The van der Waals surface area contributed by atoms with Gasteiger partial charge in [-0.3, -0.25) is 0 Å². The molecule has 1 aliphatic rings. The topological polar surface area (TPSA) is 21.3 Å². The molecule has 1 N–H and O–H groups in total. The minimum Gasteiger partial charge on any atom is -0.380 e. The summed E-state index contributed by atoms with van der Waals surface area (Å²) in [5, 5.41) is 4.62. The fourth-order valence-electron chi connectivity index (χ4n) is 2.55. The maximum absolute atomic E-state index is 6.30. The van der Waals surface area contributed by atoms with E-state index in [0.29, 0.717) is 28.1 Å². The van der Waals surface area contributed by atoms with Crippen LogP contribution in [0.3, 0.4) is 0 Å². The van der Waals surface area contributed by atoms with Crippen molar-refractivity contribution in [2.75, 3.05) is 11.9 Å². The molecule has 1 aromatic rings. The van der Waals surface area contributed by atoms with Gasteiger partial charge in [-0.2, -0.15) is 0 Å². The van der Waals surface area contributed by atoms with E-state index < -0.39 is 0 Å². The Morgan fingerprint density at radius 3 is 2.57 bits per heavy atom. The minimum absolute atomic E-state index is 0.0811. The van der Waals surface area contributed by atoms with Crippen molar-refractivity contribution in [2.45, 2.75) is 46.3 Å². The highest BCUT2D eigenvalue weighted by molar-refractivity contribution is 9.10. The molecule has 2 atom stereocenters. The minimum atomic E-state index is 0.0811. The molecule has 2 nitrogen and oxygen atoms in total. The van der Waals surface area contributed by atoms with Crippen molar-refractivity contribution >= 4 is 44.8 Å². The van der Waals surface area contributed by atoms with Gasteiger partial charge in [-0.1, -0.05) is 50.9 Å². The van der Waals surface area contributed by atoms with E-state index in [2.05, 4.69) is 48.9 Å². The fourth-order valence-corrected chi connectivity index (χ4v) is 3.38. The van der Waals surface area contributed by atoms with Crippen molar-refractivity contribution in [2.24, 2.45) is 11.3 Å². The summed E-state index contributed by atoms with van der Waals surface area (Å²) in [6.45, 7) is 9.61. The van der Waals surface area contributed by atoms with Gasteiger partial charge < -0.3 is 10.1 Å². The van der Waals surface area contributed by atoms with Gasteiger partial charge in [-0.05, 0) is 40.4 Å². The van der Waals surface area contributed by atoms with E-state index in [-0.39, 0.29) is 5.41 Å². The van der Waals surface area contributed by atoms with Gasteiger partial charge in [-0.25, -0.2) is 0 Å². The van der Waals surface area contributed by atoms with E-state index in [1.807, 2.05) is 12.1 Å². The van der Waals surface area contributed by atoms with Crippen molar-refractivity contribution in [3.05, 3.63) is 26.7 Å². The molecule has 1 aliphatic carbocycles. The van der Waals surface area contributed by atoms with Crippen LogP contribution in [0.1, 0.15) is 34.1 Å². The van der Waals surface area contributed by atoms with Gasteiger partial charge in [0.2, 0.25) is 0 Å². The Morgan fingerprint density at radius 2 is 2.00 bits per heavy atom. The Hall–Kier alpha value is 0.0400. The second-order valence-electron chi connectivity index (χ2n) is 6.69. The molecule has 0 bridgehead atoms. The first-order valence-electron chi connectivity index (χ1n) is 7.25. The van der Waals surface area contributed by atoms with Crippen molar-refractivity contribution < 1.29 is 4.74 Å². The average molecular weight is 395 g/mol. The summed E-state index contributed by atoms with van der Waals surface area (Å²) in [5.41, 5.74) is 0.961. The molecule has 0 radical (unpaired) electrons. The predicted octanol–water partition coefficient (Wildman–Crippen LogP) is 6.01. The summed E-state index contributed by atoms with van der Waals surface area (Å²) in [6, 6.07) is 4.20. The standard InChI is InChI=1S/C16H22BrCl2NO/c1-9(2)8-21-13-7-12(16(13,3)4)20-11-6-5-10(17)14(18)15(11)19/h5-6,9,12-13,20H,7-8H2,1-4H3. The third-order valence-electron chi connectivity index (χ3n) is 4.17. The lowest BCUT2D eigenvalue weighted by molar-refractivity contribution is -0.108. The number of halogens is 3. The van der Waals surface area contributed by atoms with Crippen LogP contribution in [0.4, 0.5) is 5.69 Å². The van der Waals surface area contributed by atoms with Crippen LogP contribution in [0, 0.1) is 11.3 Å². The zero-order valence-corrected chi connectivity index (χ0v) is 15.9. The van der Waals surface area contributed by atoms with Crippen LogP contribution in [-0.4, -0.2) is 18.8 Å². The first kappa shape index (κ1) is 17.4. The van der Waals surface area contributed by atoms with Crippen molar-refractivity contribution in [1.29, 1.82) is 0 Å². The lowest BCUT2D eigenvalue weighted by atomic mass is 9.64. The number of nitrogens with one attached hydrogen (secondary N) is 1. The zero-order valence-electron chi connectivity index (χ0n) is 12.8. The second-order valence-corrected chi connectivity index (χ2v) is 8.30. The van der Waals surface area contributed by atoms with E-state index in [9.17, 15) is 0 Å². The molecule has 0 aromatic heterocycles. The molecule has 0 spiro atoms. The molecule has 0 amide bonds. The van der Waals surface area contributed by atoms with Gasteiger partial charge in [0, 0.05) is 22.5 Å². The molecular weight excluding hydrogens is 373 g/mol. The highest BCUT2D eigenvalue weighted by Crippen LogP contribution is 2.46. The summed E-state index contributed by atoms with van der Waals surface area (Å²) in [7, 11) is 0. The summed E-state index contributed by atoms with van der Waals surface area (Å²) in [4.78, 5) is 0. The van der Waals surface area contributed by atoms with Gasteiger partial charge in [0.05, 0.1) is 21.8 Å². The van der Waals surface area contributed by atoms with E-state index in [0.717, 1.165) is 23.2 Å².